The molecule has 1 amide bonds. The summed E-state index contributed by atoms with van der Waals surface area (Å²) in [6.45, 7) is 0.476. The van der Waals surface area contributed by atoms with E-state index in [0.29, 0.717) is 18.1 Å². The third-order valence-corrected chi connectivity index (χ3v) is 4.67. The van der Waals surface area contributed by atoms with Gasteiger partial charge in [-0.25, -0.2) is 4.39 Å². The van der Waals surface area contributed by atoms with Crippen molar-refractivity contribution in [3.05, 3.63) is 35.6 Å². The van der Waals surface area contributed by atoms with Gasteiger partial charge in [0.2, 0.25) is 5.91 Å². The predicted octanol–water partition coefficient (Wildman–Crippen LogP) is 3.57. The van der Waals surface area contributed by atoms with Gasteiger partial charge in [-0.1, -0.05) is 44.2 Å². The van der Waals surface area contributed by atoms with E-state index in [1.807, 2.05) is 0 Å². The lowest BCUT2D eigenvalue weighted by atomic mass is 9.86. The number of halogens is 1. The molecule has 0 aliphatic heterocycles. The highest BCUT2D eigenvalue weighted by Gasteiger charge is 2.13. The van der Waals surface area contributed by atoms with Gasteiger partial charge >= 0.3 is 0 Å². The van der Waals surface area contributed by atoms with E-state index in [1.54, 1.807) is 12.1 Å². The molecule has 0 spiro atoms. The summed E-state index contributed by atoms with van der Waals surface area (Å²) in [5, 5.41) is 3.31. The number of hydrogen-bond donors (Lipinski definition) is 3. The van der Waals surface area contributed by atoms with Gasteiger partial charge in [-0.15, -0.1) is 0 Å². The van der Waals surface area contributed by atoms with Crippen LogP contribution in [0.25, 0.3) is 0 Å². The van der Waals surface area contributed by atoms with Crippen molar-refractivity contribution < 1.29 is 9.18 Å². The van der Waals surface area contributed by atoms with Crippen LogP contribution in [0.3, 0.4) is 0 Å². The molecular formula is C18H26FN3OS. The van der Waals surface area contributed by atoms with E-state index in [1.165, 1.54) is 44.2 Å². The van der Waals surface area contributed by atoms with Gasteiger partial charge in [-0.2, -0.15) is 0 Å². The Balaban J connectivity index is 1.53. The number of hydrazine groups is 1. The monoisotopic (exact) mass is 351 g/mol. The third-order valence-electron chi connectivity index (χ3n) is 4.42. The molecule has 1 aromatic carbocycles. The molecule has 1 aromatic rings. The maximum Gasteiger partial charge on any atom is 0.238 e. The standard InChI is InChI=1S/C18H26FN3OS/c19-16-11-9-15(10-12-16)13-20-18(24)22-21-17(23)8-4-7-14-5-2-1-3-6-14/h9-12,14H,1-8,13H2,(H,21,23)(H2,20,22,24). The molecule has 1 saturated carbocycles. The van der Waals surface area contributed by atoms with Crippen LogP contribution in [-0.2, 0) is 11.3 Å². The average molecular weight is 351 g/mol. The maximum atomic E-state index is 12.8. The SMILES string of the molecule is O=C(CCCC1CCCCC1)NNC(=S)NCc1ccc(F)cc1. The zero-order chi connectivity index (χ0) is 17.2. The van der Waals surface area contributed by atoms with Crippen LogP contribution in [0.4, 0.5) is 4.39 Å². The second kappa shape index (κ2) is 10.2. The van der Waals surface area contributed by atoms with Crippen LogP contribution < -0.4 is 16.2 Å². The fraction of sp³-hybridized carbons (Fsp3) is 0.556. The van der Waals surface area contributed by atoms with E-state index in [2.05, 4.69) is 16.2 Å². The molecule has 0 heterocycles. The summed E-state index contributed by atoms with van der Waals surface area (Å²) in [5.41, 5.74) is 6.23. The van der Waals surface area contributed by atoms with Crippen molar-refractivity contribution in [3.63, 3.8) is 0 Å². The number of carbonyl (C=O) groups excluding carboxylic acids is 1. The van der Waals surface area contributed by atoms with Gasteiger partial charge in [-0.05, 0) is 48.7 Å². The number of hydrogen-bond acceptors (Lipinski definition) is 2. The fourth-order valence-corrected chi connectivity index (χ4v) is 3.17. The topological polar surface area (TPSA) is 53.2 Å². The summed E-state index contributed by atoms with van der Waals surface area (Å²) in [4.78, 5) is 11.8. The summed E-state index contributed by atoms with van der Waals surface area (Å²) in [7, 11) is 0. The Morgan fingerprint density at radius 3 is 2.54 bits per heavy atom. The summed E-state index contributed by atoms with van der Waals surface area (Å²) in [6.07, 6.45) is 9.26. The number of amides is 1. The zero-order valence-electron chi connectivity index (χ0n) is 13.9. The smallest absolute Gasteiger partial charge is 0.238 e. The minimum absolute atomic E-state index is 0.0447. The van der Waals surface area contributed by atoms with E-state index < -0.39 is 0 Å². The minimum atomic E-state index is -0.264. The first-order chi connectivity index (χ1) is 11.6. The molecule has 24 heavy (non-hydrogen) atoms. The molecule has 1 aliphatic carbocycles. The van der Waals surface area contributed by atoms with Gasteiger partial charge in [-0.3, -0.25) is 15.6 Å². The van der Waals surface area contributed by atoms with Gasteiger partial charge in [0.1, 0.15) is 5.82 Å². The first kappa shape index (κ1) is 18.6. The average Bonchev–Trinajstić information content (AvgIpc) is 2.60. The normalized spacial score (nSPS) is 14.9. The van der Waals surface area contributed by atoms with Gasteiger partial charge in [0, 0.05) is 13.0 Å². The summed E-state index contributed by atoms with van der Waals surface area (Å²) < 4.78 is 12.8. The molecular weight excluding hydrogens is 325 g/mol. The Morgan fingerprint density at radius 1 is 1.12 bits per heavy atom. The number of carbonyl (C=O) groups is 1. The van der Waals surface area contributed by atoms with Crippen LogP contribution in [0.5, 0.6) is 0 Å². The second-order valence-electron chi connectivity index (χ2n) is 6.38. The Kier molecular flexibility index (Phi) is 7.95. The van der Waals surface area contributed by atoms with Crippen LogP contribution in [-0.4, -0.2) is 11.0 Å². The molecule has 1 fully saturated rings. The van der Waals surface area contributed by atoms with Crippen LogP contribution >= 0.6 is 12.2 Å². The third kappa shape index (κ3) is 7.25. The van der Waals surface area contributed by atoms with Crippen LogP contribution in [0.15, 0.2) is 24.3 Å². The van der Waals surface area contributed by atoms with Gasteiger partial charge < -0.3 is 5.32 Å². The van der Waals surface area contributed by atoms with Crippen molar-refractivity contribution in [2.45, 2.75) is 57.9 Å². The lowest BCUT2D eigenvalue weighted by Gasteiger charge is -2.21. The van der Waals surface area contributed by atoms with E-state index >= 15 is 0 Å². The first-order valence-electron chi connectivity index (χ1n) is 8.70. The van der Waals surface area contributed by atoms with Gasteiger partial charge in [0.15, 0.2) is 5.11 Å². The molecule has 4 nitrogen and oxygen atoms in total. The van der Waals surface area contributed by atoms with Gasteiger partial charge in [0.05, 0.1) is 0 Å². The van der Waals surface area contributed by atoms with Gasteiger partial charge in [0.25, 0.3) is 0 Å². The van der Waals surface area contributed by atoms with Crippen LogP contribution in [0.2, 0.25) is 0 Å². The highest BCUT2D eigenvalue weighted by Crippen LogP contribution is 2.27. The lowest BCUT2D eigenvalue weighted by molar-refractivity contribution is -0.121. The molecule has 0 saturated heterocycles. The van der Waals surface area contributed by atoms with Crippen molar-refractivity contribution in [2.75, 3.05) is 0 Å². The lowest BCUT2D eigenvalue weighted by Crippen LogP contribution is -2.46. The molecule has 2 rings (SSSR count). The minimum Gasteiger partial charge on any atom is -0.357 e. The molecule has 132 valence electrons. The highest BCUT2D eigenvalue weighted by atomic mass is 32.1. The van der Waals surface area contributed by atoms with Crippen LogP contribution in [0, 0.1) is 11.7 Å². The zero-order valence-corrected chi connectivity index (χ0v) is 14.8. The Hall–Kier alpha value is -1.69. The molecule has 0 atom stereocenters. The Labute approximate surface area is 148 Å². The predicted molar refractivity (Wildman–Crippen MR) is 97.5 cm³/mol. The largest absolute Gasteiger partial charge is 0.357 e. The van der Waals surface area contributed by atoms with Crippen molar-refractivity contribution in [3.8, 4) is 0 Å². The van der Waals surface area contributed by atoms with Crippen molar-refractivity contribution in [1.29, 1.82) is 0 Å². The summed E-state index contributed by atoms with van der Waals surface area (Å²) in [5.74, 6) is 0.495. The number of rotatable bonds is 6. The first-order valence-corrected chi connectivity index (χ1v) is 9.11. The second-order valence-corrected chi connectivity index (χ2v) is 6.79. The molecule has 3 N–H and O–H groups in total. The Bertz CT molecular complexity index is 530. The summed E-state index contributed by atoms with van der Waals surface area (Å²) in [6, 6.07) is 6.19. The van der Waals surface area contributed by atoms with Crippen molar-refractivity contribution in [1.82, 2.24) is 16.2 Å². The number of thiocarbonyl (C=S) groups is 1. The fourth-order valence-electron chi connectivity index (χ4n) is 3.04. The highest BCUT2D eigenvalue weighted by molar-refractivity contribution is 7.80. The molecule has 0 unspecified atom stereocenters. The van der Waals surface area contributed by atoms with E-state index in [0.717, 1.165) is 24.3 Å². The molecule has 0 aromatic heterocycles. The number of nitrogens with one attached hydrogen (secondary N) is 3. The van der Waals surface area contributed by atoms with E-state index in [4.69, 9.17) is 12.2 Å². The van der Waals surface area contributed by atoms with E-state index in [-0.39, 0.29) is 11.7 Å². The quantitative estimate of drug-likeness (QED) is 0.542. The molecule has 6 heteroatoms. The van der Waals surface area contributed by atoms with Crippen molar-refractivity contribution >= 4 is 23.2 Å². The molecule has 0 radical (unpaired) electrons. The summed E-state index contributed by atoms with van der Waals surface area (Å²) >= 11 is 5.10. The molecule has 0 bridgehead atoms. The van der Waals surface area contributed by atoms with E-state index in [9.17, 15) is 9.18 Å². The Morgan fingerprint density at radius 2 is 1.83 bits per heavy atom. The number of benzene rings is 1. The maximum absolute atomic E-state index is 12.8. The van der Waals surface area contributed by atoms with Crippen molar-refractivity contribution in [2.24, 2.45) is 5.92 Å². The molecule has 1 aliphatic rings. The van der Waals surface area contributed by atoms with Crippen LogP contribution in [0.1, 0.15) is 56.9 Å².